The Bertz CT molecular complexity index is 697. The molecule has 0 radical (unpaired) electrons. The number of amides is 1. The van der Waals surface area contributed by atoms with Gasteiger partial charge in [0.15, 0.2) is 0 Å². The Labute approximate surface area is 150 Å². The van der Waals surface area contributed by atoms with Gasteiger partial charge in [0.1, 0.15) is 0 Å². The van der Waals surface area contributed by atoms with Gasteiger partial charge < -0.3 is 11.1 Å². The number of halogens is 1. The second kappa shape index (κ2) is 8.20. The summed E-state index contributed by atoms with van der Waals surface area (Å²) >= 11 is 0. The highest BCUT2D eigenvalue weighted by molar-refractivity contribution is 5.85. The van der Waals surface area contributed by atoms with Crippen LogP contribution in [0.15, 0.2) is 42.5 Å². The number of aryl methyl sites for hydroxylation is 2. The maximum absolute atomic E-state index is 12.2. The highest BCUT2D eigenvalue weighted by Gasteiger charge is 2.14. The van der Waals surface area contributed by atoms with Crippen molar-refractivity contribution in [3.05, 3.63) is 64.7 Å². The second-order valence-corrected chi connectivity index (χ2v) is 6.44. The highest BCUT2D eigenvalue weighted by Crippen LogP contribution is 2.24. The number of carbonyl (C=O) groups is 1. The third-order valence-electron chi connectivity index (χ3n) is 4.59. The fourth-order valence-corrected chi connectivity index (χ4v) is 3.22. The fourth-order valence-electron chi connectivity index (χ4n) is 3.22. The average Bonchev–Trinajstić information content (AvgIpc) is 2.56. The van der Waals surface area contributed by atoms with Gasteiger partial charge in [-0.3, -0.25) is 4.79 Å². The summed E-state index contributed by atoms with van der Waals surface area (Å²) in [7, 11) is 0. The molecule has 0 fully saturated rings. The molecule has 3 N–H and O–H groups in total. The van der Waals surface area contributed by atoms with Crippen LogP contribution in [0, 0.1) is 0 Å². The summed E-state index contributed by atoms with van der Waals surface area (Å²) in [6.07, 6.45) is 5.30. The Balaban J connectivity index is 0.00000208. The summed E-state index contributed by atoms with van der Waals surface area (Å²) in [4.78, 5) is 12.2. The molecule has 0 aliphatic heterocycles. The summed E-state index contributed by atoms with van der Waals surface area (Å²) in [5.74, 6) is 0.0417. The molecule has 2 aromatic carbocycles. The van der Waals surface area contributed by atoms with Crippen LogP contribution in [0.4, 0.5) is 5.69 Å². The zero-order valence-corrected chi connectivity index (χ0v) is 14.9. The van der Waals surface area contributed by atoms with Gasteiger partial charge in [0, 0.05) is 5.69 Å². The molecule has 24 heavy (non-hydrogen) atoms. The van der Waals surface area contributed by atoms with Gasteiger partial charge in [0.25, 0.3) is 0 Å². The average molecular weight is 345 g/mol. The molecule has 0 aromatic heterocycles. The van der Waals surface area contributed by atoms with Gasteiger partial charge in [-0.2, -0.15) is 0 Å². The topological polar surface area (TPSA) is 55.1 Å². The molecule has 0 saturated carbocycles. The van der Waals surface area contributed by atoms with Crippen molar-refractivity contribution in [2.24, 2.45) is 0 Å². The van der Waals surface area contributed by atoms with Gasteiger partial charge >= 0.3 is 0 Å². The van der Waals surface area contributed by atoms with Gasteiger partial charge in [-0.25, -0.2) is 0 Å². The lowest BCUT2D eigenvalue weighted by Gasteiger charge is -2.20. The van der Waals surface area contributed by atoms with Crippen molar-refractivity contribution in [1.29, 1.82) is 0 Å². The second-order valence-electron chi connectivity index (χ2n) is 6.44. The maximum Gasteiger partial charge on any atom is 0.224 e. The van der Waals surface area contributed by atoms with E-state index in [1.165, 1.54) is 36.0 Å². The summed E-state index contributed by atoms with van der Waals surface area (Å²) < 4.78 is 0. The van der Waals surface area contributed by atoms with Crippen molar-refractivity contribution < 1.29 is 4.79 Å². The molecule has 3 nitrogen and oxygen atoms in total. The number of nitrogens with two attached hydrogens (primary N) is 1. The third-order valence-corrected chi connectivity index (χ3v) is 4.59. The van der Waals surface area contributed by atoms with Crippen molar-refractivity contribution >= 4 is 24.0 Å². The number of anilines is 1. The third kappa shape index (κ3) is 4.51. The quantitative estimate of drug-likeness (QED) is 0.824. The highest BCUT2D eigenvalue weighted by atomic mass is 35.5. The number of rotatable bonds is 4. The first-order valence-corrected chi connectivity index (χ1v) is 8.37. The number of fused-ring (bicyclic) bond motifs is 1. The van der Waals surface area contributed by atoms with Crippen LogP contribution >= 0.6 is 12.4 Å². The van der Waals surface area contributed by atoms with Crippen molar-refractivity contribution in [2.45, 2.75) is 45.1 Å². The van der Waals surface area contributed by atoms with E-state index in [0.29, 0.717) is 6.42 Å². The molecule has 1 aliphatic carbocycles. The molecule has 1 atom stereocenters. The van der Waals surface area contributed by atoms with Crippen molar-refractivity contribution in [3.8, 4) is 0 Å². The van der Waals surface area contributed by atoms with Gasteiger partial charge in [-0.15, -0.1) is 12.4 Å². The minimum Gasteiger partial charge on any atom is -0.399 e. The summed E-state index contributed by atoms with van der Waals surface area (Å²) in [6, 6.07) is 14.1. The minimum atomic E-state index is 0. The van der Waals surface area contributed by atoms with E-state index in [-0.39, 0.29) is 24.4 Å². The van der Waals surface area contributed by atoms with Crippen LogP contribution in [0.2, 0.25) is 0 Å². The predicted octanol–water partition coefficient (Wildman–Crippen LogP) is 3.99. The Morgan fingerprint density at radius 3 is 2.46 bits per heavy atom. The molecule has 0 saturated heterocycles. The van der Waals surface area contributed by atoms with Gasteiger partial charge in [0.2, 0.25) is 5.91 Å². The van der Waals surface area contributed by atoms with Crippen LogP contribution in [0.5, 0.6) is 0 Å². The number of carbonyl (C=O) groups excluding carboxylic acids is 1. The molecule has 0 spiro atoms. The molecule has 1 aliphatic rings. The first-order valence-electron chi connectivity index (χ1n) is 8.37. The van der Waals surface area contributed by atoms with Crippen molar-refractivity contribution in [3.63, 3.8) is 0 Å². The number of nitrogen functional groups attached to an aromatic ring is 1. The van der Waals surface area contributed by atoms with E-state index in [2.05, 4.69) is 23.5 Å². The number of hydrogen-bond acceptors (Lipinski definition) is 2. The summed E-state index contributed by atoms with van der Waals surface area (Å²) in [6.45, 7) is 2.05. The van der Waals surface area contributed by atoms with E-state index in [0.717, 1.165) is 17.7 Å². The number of benzene rings is 2. The van der Waals surface area contributed by atoms with E-state index in [1.54, 1.807) is 0 Å². The maximum atomic E-state index is 12.2. The molecule has 0 heterocycles. The van der Waals surface area contributed by atoms with Gasteiger partial charge in [-0.05, 0) is 67.0 Å². The zero-order valence-electron chi connectivity index (χ0n) is 14.0. The van der Waals surface area contributed by atoms with Crippen LogP contribution < -0.4 is 11.1 Å². The lowest BCUT2D eigenvalue weighted by atomic mass is 9.89. The molecule has 0 bridgehead atoms. The van der Waals surface area contributed by atoms with E-state index in [4.69, 9.17) is 5.73 Å². The fraction of sp³-hybridized carbons (Fsp3) is 0.350. The lowest BCUT2D eigenvalue weighted by molar-refractivity contribution is -0.121. The predicted molar refractivity (Wildman–Crippen MR) is 101 cm³/mol. The normalized spacial score (nSPS) is 14.2. The molecule has 1 unspecified atom stereocenters. The Kier molecular flexibility index (Phi) is 6.27. The number of hydrogen-bond donors (Lipinski definition) is 2. The largest absolute Gasteiger partial charge is 0.399 e. The van der Waals surface area contributed by atoms with Crippen molar-refractivity contribution in [1.82, 2.24) is 5.32 Å². The summed E-state index contributed by atoms with van der Waals surface area (Å²) in [5, 5.41) is 3.10. The van der Waals surface area contributed by atoms with Crippen LogP contribution in [-0.4, -0.2) is 5.91 Å². The Morgan fingerprint density at radius 1 is 1.08 bits per heavy atom. The molecule has 4 heteroatoms. The SMILES string of the molecule is CC(NC(=O)Cc1ccc(N)cc1)c1ccc2c(c1)CCCC2.Cl. The molecule has 3 rings (SSSR count). The van der Waals surface area contributed by atoms with Crippen LogP contribution in [-0.2, 0) is 24.1 Å². The van der Waals surface area contributed by atoms with Gasteiger partial charge in [-0.1, -0.05) is 30.3 Å². The van der Waals surface area contributed by atoms with E-state index < -0.39 is 0 Å². The van der Waals surface area contributed by atoms with E-state index >= 15 is 0 Å². The molecule has 128 valence electrons. The molecule has 1 amide bonds. The molecule has 2 aromatic rings. The molecular formula is C20H25ClN2O. The van der Waals surface area contributed by atoms with Crippen LogP contribution in [0.25, 0.3) is 0 Å². The van der Waals surface area contributed by atoms with E-state index in [1.807, 2.05) is 31.2 Å². The Hall–Kier alpha value is -2.00. The van der Waals surface area contributed by atoms with Crippen LogP contribution in [0.3, 0.4) is 0 Å². The van der Waals surface area contributed by atoms with Gasteiger partial charge in [0.05, 0.1) is 12.5 Å². The monoisotopic (exact) mass is 344 g/mol. The zero-order chi connectivity index (χ0) is 16.2. The Morgan fingerprint density at radius 2 is 1.75 bits per heavy atom. The molecular weight excluding hydrogens is 320 g/mol. The smallest absolute Gasteiger partial charge is 0.224 e. The lowest BCUT2D eigenvalue weighted by Crippen LogP contribution is -2.28. The van der Waals surface area contributed by atoms with Crippen LogP contribution in [0.1, 0.15) is 48.1 Å². The van der Waals surface area contributed by atoms with E-state index in [9.17, 15) is 4.79 Å². The summed E-state index contributed by atoms with van der Waals surface area (Å²) in [5.41, 5.74) is 11.5. The first kappa shape index (κ1) is 18.3. The minimum absolute atomic E-state index is 0. The van der Waals surface area contributed by atoms with Crippen molar-refractivity contribution in [2.75, 3.05) is 5.73 Å². The standard InChI is InChI=1S/C20H24N2O.ClH/c1-14(17-9-8-16-4-2-3-5-18(16)13-17)22-20(23)12-15-6-10-19(21)11-7-15;/h6-11,13-14H,2-5,12,21H2,1H3,(H,22,23);1H. The first-order chi connectivity index (χ1) is 11.1. The number of nitrogens with one attached hydrogen (secondary N) is 1.